The van der Waals surface area contributed by atoms with Crippen molar-refractivity contribution in [3.63, 3.8) is 0 Å². The zero-order valence-electron chi connectivity index (χ0n) is 10.6. The van der Waals surface area contributed by atoms with E-state index in [1.54, 1.807) is 17.2 Å². The molecule has 0 aliphatic carbocycles. The fourth-order valence-corrected chi connectivity index (χ4v) is 2.05. The number of aromatic nitrogens is 3. The van der Waals surface area contributed by atoms with Crippen molar-refractivity contribution in [2.45, 2.75) is 13.3 Å². The van der Waals surface area contributed by atoms with Crippen molar-refractivity contribution in [3.05, 3.63) is 36.3 Å². The van der Waals surface area contributed by atoms with Gasteiger partial charge in [0.2, 0.25) is 0 Å². The van der Waals surface area contributed by atoms with Crippen LogP contribution in [-0.2, 0) is 0 Å². The second-order valence-electron chi connectivity index (χ2n) is 4.41. The number of hydrogen-bond acceptors (Lipinski definition) is 4. The predicted octanol–water partition coefficient (Wildman–Crippen LogP) is 1.77. The fraction of sp³-hybridized carbons (Fsp3) is 0.231. The van der Waals surface area contributed by atoms with Gasteiger partial charge in [-0.2, -0.15) is 0 Å². The highest BCUT2D eigenvalue weighted by molar-refractivity contribution is 5.94. The molecular weight excluding hydrogens is 242 g/mol. The third-order valence-electron chi connectivity index (χ3n) is 3.01. The quantitative estimate of drug-likeness (QED) is 0.843. The molecule has 2 aromatic heterocycles. The van der Waals surface area contributed by atoms with Crippen molar-refractivity contribution in [3.8, 4) is 0 Å². The Bertz CT molecular complexity index is 682. The predicted molar refractivity (Wildman–Crippen MR) is 71.7 cm³/mol. The summed E-state index contributed by atoms with van der Waals surface area (Å²) in [5, 5.41) is 2.71. The van der Waals surface area contributed by atoms with Crippen LogP contribution >= 0.6 is 0 Å². The molecule has 0 unspecified atom stereocenters. The molecule has 19 heavy (non-hydrogen) atoms. The van der Waals surface area contributed by atoms with E-state index >= 15 is 0 Å². The number of aryl methyl sites for hydroxylation is 1. The maximum atomic E-state index is 12.0. The highest BCUT2D eigenvalue weighted by Gasteiger charge is 2.24. The van der Waals surface area contributed by atoms with Crippen molar-refractivity contribution >= 4 is 23.0 Å². The molecule has 6 heteroatoms. The Hall–Kier alpha value is -2.50. The normalized spacial score (nSPS) is 15.7. The number of rotatable bonds is 1. The lowest BCUT2D eigenvalue weighted by atomic mass is 10.2. The number of nitrogens with one attached hydrogen (secondary N) is 1. The van der Waals surface area contributed by atoms with E-state index in [-0.39, 0.29) is 6.03 Å². The molecule has 0 radical (unpaired) electrons. The van der Waals surface area contributed by atoms with Gasteiger partial charge in [-0.15, -0.1) is 0 Å². The molecule has 0 bridgehead atoms. The van der Waals surface area contributed by atoms with Crippen LogP contribution in [0.3, 0.4) is 0 Å². The summed E-state index contributed by atoms with van der Waals surface area (Å²) in [6.07, 6.45) is 2.38. The van der Waals surface area contributed by atoms with Gasteiger partial charge in [-0.3, -0.25) is 4.90 Å². The van der Waals surface area contributed by atoms with E-state index in [1.807, 2.05) is 13.0 Å². The Morgan fingerprint density at radius 2 is 2.26 bits per heavy atom. The number of fused-ring (bicyclic) bond motifs is 1. The van der Waals surface area contributed by atoms with Crippen molar-refractivity contribution in [1.29, 1.82) is 0 Å². The third kappa shape index (κ3) is 2.01. The number of pyridine rings is 1. The summed E-state index contributed by atoms with van der Waals surface area (Å²) in [6.45, 7) is 6.15. The SMILES string of the molecule is C=C1CCN(c2nc3cccnc3nc2C)C(=O)N1. The Labute approximate surface area is 110 Å². The topological polar surface area (TPSA) is 71.0 Å². The number of anilines is 1. The minimum atomic E-state index is -0.211. The number of urea groups is 1. The summed E-state index contributed by atoms with van der Waals surface area (Å²) in [5.74, 6) is 0.575. The van der Waals surface area contributed by atoms with Gasteiger partial charge in [-0.25, -0.2) is 19.7 Å². The summed E-state index contributed by atoms with van der Waals surface area (Å²) >= 11 is 0. The van der Waals surface area contributed by atoms with Gasteiger partial charge in [-0.05, 0) is 19.1 Å². The van der Waals surface area contributed by atoms with Gasteiger partial charge < -0.3 is 5.32 Å². The van der Waals surface area contributed by atoms with E-state index in [1.165, 1.54) is 0 Å². The molecule has 6 nitrogen and oxygen atoms in total. The summed E-state index contributed by atoms with van der Waals surface area (Å²) in [5.41, 5.74) is 2.69. The Kier molecular flexibility index (Phi) is 2.63. The van der Waals surface area contributed by atoms with Crippen LogP contribution in [0.1, 0.15) is 12.1 Å². The molecule has 1 aliphatic rings. The lowest BCUT2D eigenvalue weighted by Crippen LogP contribution is -2.45. The second-order valence-corrected chi connectivity index (χ2v) is 4.41. The molecule has 2 aromatic rings. The van der Waals surface area contributed by atoms with E-state index < -0.39 is 0 Å². The molecule has 1 fully saturated rings. The average molecular weight is 255 g/mol. The zero-order valence-corrected chi connectivity index (χ0v) is 10.6. The lowest BCUT2D eigenvalue weighted by Gasteiger charge is -2.28. The van der Waals surface area contributed by atoms with Crippen LogP contribution in [0, 0.1) is 6.92 Å². The van der Waals surface area contributed by atoms with Crippen LogP contribution < -0.4 is 10.2 Å². The van der Waals surface area contributed by atoms with Gasteiger partial charge in [-0.1, -0.05) is 6.58 Å². The molecule has 3 heterocycles. The van der Waals surface area contributed by atoms with Crippen molar-refractivity contribution in [2.24, 2.45) is 0 Å². The number of hydrogen-bond donors (Lipinski definition) is 1. The molecule has 0 saturated carbocycles. The van der Waals surface area contributed by atoms with Crippen LogP contribution in [0.4, 0.5) is 10.6 Å². The molecule has 0 spiro atoms. The summed E-state index contributed by atoms with van der Waals surface area (Å²) in [7, 11) is 0. The highest BCUT2D eigenvalue weighted by atomic mass is 16.2. The fourth-order valence-electron chi connectivity index (χ4n) is 2.05. The smallest absolute Gasteiger partial charge is 0.312 e. The third-order valence-corrected chi connectivity index (χ3v) is 3.01. The molecule has 2 amide bonds. The maximum Gasteiger partial charge on any atom is 0.327 e. The standard InChI is InChI=1S/C13H13N5O/c1-8-5-7-18(13(19)15-8)12-9(2)16-11-10(17-12)4-3-6-14-11/h3-4,6H,1,5,7H2,2H3,(H,15,19). The molecule has 96 valence electrons. The molecule has 0 atom stereocenters. The summed E-state index contributed by atoms with van der Waals surface area (Å²) in [6, 6.07) is 3.42. The van der Waals surface area contributed by atoms with E-state index in [0.717, 1.165) is 5.70 Å². The van der Waals surface area contributed by atoms with Gasteiger partial charge >= 0.3 is 6.03 Å². The van der Waals surface area contributed by atoms with E-state index in [9.17, 15) is 4.79 Å². The van der Waals surface area contributed by atoms with E-state index in [2.05, 4.69) is 26.8 Å². The first-order chi connectivity index (χ1) is 9.15. The number of carbonyl (C=O) groups excluding carboxylic acids is 1. The largest absolute Gasteiger partial charge is 0.327 e. The van der Waals surface area contributed by atoms with Crippen molar-refractivity contribution in [1.82, 2.24) is 20.3 Å². The van der Waals surface area contributed by atoms with Gasteiger partial charge in [0.25, 0.3) is 0 Å². The highest BCUT2D eigenvalue weighted by Crippen LogP contribution is 2.21. The monoisotopic (exact) mass is 255 g/mol. The van der Waals surface area contributed by atoms with Gasteiger partial charge in [0, 0.05) is 24.9 Å². The first-order valence-electron chi connectivity index (χ1n) is 6.01. The van der Waals surface area contributed by atoms with Crippen LogP contribution in [0.2, 0.25) is 0 Å². The van der Waals surface area contributed by atoms with Gasteiger partial charge in [0.1, 0.15) is 5.52 Å². The van der Waals surface area contributed by atoms with Crippen LogP contribution in [-0.4, -0.2) is 27.5 Å². The van der Waals surface area contributed by atoms with Crippen molar-refractivity contribution < 1.29 is 4.79 Å². The van der Waals surface area contributed by atoms with E-state index in [4.69, 9.17) is 0 Å². The van der Waals surface area contributed by atoms with Crippen LogP contribution in [0.15, 0.2) is 30.6 Å². The minimum Gasteiger partial charge on any atom is -0.312 e. The average Bonchev–Trinajstić information content (AvgIpc) is 2.38. The Morgan fingerprint density at radius 3 is 3.05 bits per heavy atom. The Balaban J connectivity index is 2.07. The summed E-state index contributed by atoms with van der Waals surface area (Å²) in [4.78, 5) is 26.6. The maximum absolute atomic E-state index is 12.0. The van der Waals surface area contributed by atoms with Gasteiger partial charge in [0.15, 0.2) is 11.5 Å². The summed E-state index contributed by atoms with van der Waals surface area (Å²) < 4.78 is 0. The number of carbonyl (C=O) groups is 1. The minimum absolute atomic E-state index is 0.211. The zero-order chi connectivity index (χ0) is 13.4. The van der Waals surface area contributed by atoms with Gasteiger partial charge in [0.05, 0.1) is 5.69 Å². The van der Waals surface area contributed by atoms with Crippen molar-refractivity contribution in [2.75, 3.05) is 11.4 Å². The second kappa shape index (κ2) is 4.31. The molecule has 1 saturated heterocycles. The number of nitrogens with zero attached hydrogens (tertiary/aromatic N) is 4. The molecule has 1 aliphatic heterocycles. The Morgan fingerprint density at radius 1 is 1.42 bits per heavy atom. The lowest BCUT2D eigenvalue weighted by molar-refractivity contribution is 0.246. The first-order valence-corrected chi connectivity index (χ1v) is 6.01. The van der Waals surface area contributed by atoms with E-state index in [0.29, 0.717) is 35.6 Å². The molecule has 3 rings (SSSR count). The molecule has 0 aromatic carbocycles. The molecular formula is C13H13N5O. The number of amides is 2. The van der Waals surface area contributed by atoms with Crippen LogP contribution in [0.5, 0.6) is 0 Å². The molecule has 1 N–H and O–H groups in total. The first kappa shape index (κ1) is 11.6. The van der Waals surface area contributed by atoms with Crippen LogP contribution in [0.25, 0.3) is 11.2 Å².